The Labute approximate surface area is 162 Å². The number of rotatable bonds is 6. The van der Waals surface area contributed by atoms with Gasteiger partial charge in [-0.3, -0.25) is 9.59 Å². The van der Waals surface area contributed by atoms with Gasteiger partial charge in [0.25, 0.3) is 5.91 Å². The number of nitrogens with zero attached hydrogens (tertiary/aromatic N) is 2. The summed E-state index contributed by atoms with van der Waals surface area (Å²) in [6.45, 7) is 1.84. The Hall–Kier alpha value is -3.22. The number of furan rings is 3. The SMILES string of the molecule is O=C(c1ccco1)N1CCC(C(=O)N(Cc2ccco2)Cc2ccco2)CC1. The number of carbonyl (C=O) groups is 2. The maximum absolute atomic E-state index is 13.2. The molecule has 7 heteroatoms. The number of carbonyl (C=O) groups excluding carboxylic acids is 2. The fourth-order valence-electron chi connectivity index (χ4n) is 3.54. The van der Waals surface area contributed by atoms with Crippen molar-refractivity contribution < 1.29 is 22.8 Å². The van der Waals surface area contributed by atoms with Gasteiger partial charge < -0.3 is 23.1 Å². The number of likely N-dealkylation sites (tertiary alicyclic amines) is 1. The number of hydrogen-bond acceptors (Lipinski definition) is 5. The molecule has 2 amide bonds. The van der Waals surface area contributed by atoms with Crippen LogP contribution in [0.2, 0.25) is 0 Å². The highest BCUT2D eigenvalue weighted by Crippen LogP contribution is 2.23. The molecule has 7 nitrogen and oxygen atoms in total. The first-order valence-electron chi connectivity index (χ1n) is 9.37. The summed E-state index contributed by atoms with van der Waals surface area (Å²) in [4.78, 5) is 29.1. The Morgan fingerprint density at radius 2 is 1.46 bits per heavy atom. The summed E-state index contributed by atoms with van der Waals surface area (Å²) in [6, 6.07) is 10.7. The van der Waals surface area contributed by atoms with Crippen LogP contribution in [0.5, 0.6) is 0 Å². The standard InChI is InChI=1S/C21H22N2O5/c24-20(16-7-9-22(10-8-16)21(25)19-6-3-13-28-19)23(14-17-4-1-11-26-17)15-18-5-2-12-27-18/h1-6,11-13,16H,7-10,14-15H2. The van der Waals surface area contributed by atoms with Crippen LogP contribution in [0.1, 0.15) is 34.9 Å². The number of amides is 2. The molecule has 4 heterocycles. The Morgan fingerprint density at radius 3 is 1.96 bits per heavy atom. The highest BCUT2D eigenvalue weighted by atomic mass is 16.3. The Bertz CT molecular complexity index is 839. The highest BCUT2D eigenvalue weighted by Gasteiger charge is 2.31. The third-order valence-corrected chi connectivity index (χ3v) is 5.03. The molecule has 28 heavy (non-hydrogen) atoms. The Balaban J connectivity index is 1.40. The van der Waals surface area contributed by atoms with Gasteiger partial charge in [0.15, 0.2) is 5.76 Å². The second kappa shape index (κ2) is 8.21. The van der Waals surface area contributed by atoms with E-state index in [1.54, 1.807) is 34.5 Å². The van der Waals surface area contributed by atoms with Crippen LogP contribution >= 0.6 is 0 Å². The van der Waals surface area contributed by atoms with E-state index >= 15 is 0 Å². The lowest BCUT2D eigenvalue weighted by Gasteiger charge is -2.33. The number of piperidine rings is 1. The fourth-order valence-corrected chi connectivity index (χ4v) is 3.54. The van der Waals surface area contributed by atoms with E-state index < -0.39 is 0 Å². The molecular formula is C21H22N2O5. The van der Waals surface area contributed by atoms with E-state index in [-0.39, 0.29) is 17.7 Å². The molecule has 0 N–H and O–H groups in total. The Morgan fingerprint density at radius 1 is 0.893 bits per heavy atom. The molecule has 1 fully saturated rings. The van der Waals surface area contributed by atoms with Crippen LogP contribution < -0.4 is 0 Å². The van der Waals surface area contributed by atoms with E-state index in [1.807, 2.05) is 24.3 Å². The molecule has 0 saturated carbocycles. The zero-order valence-corrected chi connectivity index (χ0v) is 15.5. The first kappa shape index (κ1) is 18.2. The molecule has 1 aliphatic rings. The molecule has 1 aliphatic heterocycles. The summed E-state index contributed by atoms with van der Waals surface area (Å²) in [6.07, 6.45) is 5.94. The zero-order valence-electron chi connectivity index (χ0n) is 15.5. The molecule has 3 aromatic heterocycles. The first-order valence-corrected chi connectivity index (χ1v) is 9.37. The van der Waals surface area contributed by atoms with Gasteiger partial charge >= 0.3 is 0 Å². The number of hydrogen-bond donors (Lipinski definition) is 0. The van der Waals surface area contributed by atoms with E-state index in [1.165, 1.54) is 6.26 Å². The second-order valence-electron chi connectivity index (χ2n) is 6.90. The molecule has 0 unspecified atom stereocenters. The predicted molar refractivity (Wildman–Crippen MR) is 99.0 cm³/mol. The Kier molecular flexibility index (Phi) is 5.32. The lowest BCUT2D eigenvalue weighted by Crippen LogP contribution is -2.44. The third-order valence-electron chi connectivity index (χ3n) is 5.03. The van der Waals surface area contributed by atoms with Crippen molar-refractivity contribution in [2.45, 2.75) is 25.9 Å². The normalized spacial score (nSPS) is 14.9. The van der Waals surface area contributed by atoms with E-state index in [0.717, 1.165) is 11.5 Å². The van der Waals surface area contributed by atoms with Crippen molar-refractivity contribution in [3.63, 3.8) is 0 Å². The fraction of sp³-hybridized carbons (Fsp3) is 0.333. The van der Waals surface area contributed by atoms with Crippen LogP contribution in [0.15, 0.2) is 68.4 Å². The van der Waals surface area contributed by atoms with Gasteiger partial charge in [-0.25, -0.2) is 0 Å². The molecule has 0 aromatic carbocycles. The molecule has 0 radical (unpaired) electrons. The molecule has 3 aromatic rings. The van der Waals surface area contributed by atoms with Crippen LogP contribution in [0.4, 0.5) is 0 Å². The lowest BCUT2D eigenvalue weighted by molar-refractivity contribution is -0.138. The molecule has 0 atom stereocenters. The van der Waals surface area contributed by atoms with Crippen LogP contribution in [0, 0.1) is 5.92 Å². The minimum atomic E-state index is -0.134. The quantitative estimate of drug-likeness (QED) is 0.651. The second-order valence-corrected chi connectivity index (χ2v) is 6.90. The molecule has 1 saturated heterocycles. The molecule has 0 bridgehead atoms. The third kappa shape index (κ3) is 4.03. The topological polar surface area (TPSA) is 80.0 Å². The van der Waals surface area contributed by atoms with E-state index in [0.29, 0.717) is 44.8 Å². The molecular weight excluding hydrogens is 360 g/mol. The molecule has 4 rings (SSSR count). The van der Waals surface area contributed by atoms with Crippen molar-refractivity contribution in [3.8, 4) is 0 Å². The van der Waals surface area contributed by atoms with Gasteiger partial charge in [0.1, 0.15) is 11.5 Å². The zero-order chi connectivity index (χ0) is 19.3. The average molecular weight is 382 g/mol. The smallest absolute Gasteiger partial charge is 0.289 e. The lowest BCUT2D eigenvalue weighted by atomic mass is 9.95. The maximum atomic E-state index is 13.2. The minimum absolute atomic E-state index is 0.0536. The van der Waals surface area contributed by atoms with Crippen molar-refractivity contribution in [2.24, 2.45) is 5.92 Å². The molecule has 146 valence electrons. The van der Waals surface area contributed by atoms with Crippen molar-refractivity contribution >= 4 is 11.8 Å². The van der Waals surface area contributed by atoms with Crippen molar-refractivity contribution in [2.75, 3.05) is 13.1 Å². The predicted octanol–water partition coefficient (Wildman–Crippen LogP) is 3.55. The molecule has 0 spiro atoms. The van der Waals surface area contributed by atoms with E-state index in [4.69, 9.17) is 13.3 Å². The van der Waals surface area contributed by atoms with Crippen LogP contribution in [-0.4, -0.2) is 34.7 Å². The monoisotopic (exact) mass is 382 g/mol. The van der Waals surface area contributed by atoms with Gasteiger partial charge in [0.2, 0.25) is 5.91 Å². The van der Waals surface area contributed by atoms with Crippen molar-refractivity contribution in [1.82, 2.24) is 9.80 Å². The van der Waals surface area contributed by atoms with Crippen LogP contribution in [0.3, 0.4) is 0 Å². The average Bonchev–Trinajstić information content (AvgIpc) is 3.50. The summed E-state index contributed by atoms with van der Waals surface area (Å²) in [5, 5.41) is 0. The maximum Gasteiger partial charge on any atom is 0.289 e. The van der Waals surface area contributed by atoms with E-state index in [2.05, 4.69) is 0 Å². The van der Waals surface area contributed by atoms with Gasteiger partial charge in [-0.15, -0.1) is 0 Å². The van der Waals surface area contributed by atoms with E-state index in [9.17, 15) is 9.59 Å². The van der Waals surface area contributed by atoms with Crippen LogP contribution in [0.25, 0.3) is 0 Å². The highest BCUT2D eigenvalue weighted by molar-refractivity contribution is 5.91. The van der Waals surface area contributed by atoms with Crippen molar-refractivity contribution in [3.05, 3.63) is 72.5 Å². The summed E-state index contributed by atoms with van der Waals surface area (Å²) in [7, 11) is 0. The summed E-state index contributed by atoms with van der Waals surface area (Å²) in [5.41, 5.74) is 0. The summed E-state index contributed by atoms with van der Waals surface area (Å²) < 4.78 is 16.0. The van der Waals surface area contributed by atoms with Gasteiger partial charge in [-0.1, -0.05) is 0 Å². The summed E-state index contributed by atoms with van der Waals surface area (Å²) >= 11 is 0. The van der Waals surface area contributed by atoms with Gasteiger partial charge in [-0.2, -0.15) is 0 Å². The van der Waals surface area contributed by atoms with Gasteiger partial charge in [0, 0.05) is 19.0 Å². The van der Waals surface area contributed by atoms with Crippen LogP contribution in [-0.2, 0) is 17.9 Å². The first-order chi connectivity index (χ1) is 13.7. The largest absolute Gasteiger partial charge is 0.467 e. The van der Waals surface area contributed by atoms with Crippen molar-refractivity contribution in [1.29, 1.82) is 0 Å². The summed E-state index contributed by atoms with van der Waals surface area (Å²) in [5.74, 6) is 1.58. The molecule has 0 aliphatic carbocycles. The van der Waals surface area contributed by atoms with Gasteiger partial charge in [0.05, 0.1) is 31.9 Å². The van der Waals surface area contributed by atoms with Gasteiger partial charge in [-0.05, 0) is 49.2 Å². The minimum Gasteiger partial charge on any atom is -0.467 e.